The number of aryl methyl sites for hydroxylation is 2. The van der Waals surface area contributed by atoms with Crippen molar-refractivity contribution in [3.05, 3.63) is 52.8 Å². The monoisotopic (exact) mass is 258 g/mol. The lowest BCUT2D eigenvalue weighted by Gasteiger charge is -2.12. The van der Waals surface area contributed by atoms with Gasteiger partial charge in [0.05, 0.1) is 17.5 Å². The zero-order valence-corrected chi connectivity index (χ0v) is 12.1. The molecule has 102 valence electrons. The average molecular weight is 258 g/mol. The van der Waals surface area contributed by atoms with Gasteiger partial charge >= 0.3 is 0 Å². The van der Waals surface area contributed by atoms with Crippen molar-refractivity contribution < 1.29 is 5.11 Å². The van der Waals surface area contributed by atoms with Crippen molar-refractivity contribution >= 4 is 0 Å². The molecule has 0 fully saturated rings. The minimum absolute atomic E-state index is 0.504. The van der Waals surface area contributed by atoms with Crippen LogP contribution in [0, 0.1) is 6.92 Å². The molecule has 0 bridgehead atoms. The first kappa shape index (κ1) is 13.8. The fourth-order valence-electron chi connectivity index (χ4n) is 2.31. The van der Waals surface area contributed by atoms with Crippen LogP contribution < -0.4 is 0 Å². The van der Waals surface area contributed by atoms with E-state index < -0.39 is 6.10 Å². The van der Waals surface area contributed by atoms with Crippen molar-refractivity contribution in [3.8, 4) is 0 Å². The van der Waals surface area contributed by atoms with Gasteiger partial charge in [-0.2, -0.15) is 5.10 Å². The first-order valence-electron chi connectivity index (χ1n) is 6.75. The fourth-order valence-corrected chi connectivity index (χ4v) is 2.31. The highest BCUT2D eigenvalue weighted by Crippen LogP contribution is 2.20. The second-order valence-electron chi connectivity index (χ2n) is 5.45. The Labute approximate surface area is 114 Å². The van der Waals surface area contributed by atoms with Gasteiger partial charge in [-0.05, 0) is 30.0 Å². The van der Waals surface area contributed by atoms with E-state index in [0.29, 0.717) is 12.3 Å². The standard InChI is InChI=1S/C16H22N2O/c1-11(2)14-7-5-13(6-8-14)10-16(19)15-9-12(3)17-18(15)4/h5-9,11,16,19H,10H2,1-4H3. The summed E-state index contributed by atoms with van der Waals surface area (Å²) in [6.45, 7) is 6.30. The Morgan fingerprint density at radius 1 is 1.21 bits per heavy atom. The molecule has 1 aromatic carbocycles. The number of aromatic nitrogens is 2. The third-order valence-corrected chi connectivity index (χ3v) is 3.46. The van der Waals surface area contributed by atoms with Gasteiger partial charge in [0, 0.05) is 13.5 Å². The van der Waals surface area contributed by atoms with Crippen LogP contribution in [0.15, 0.2) is 30.3 Å². The molecule has 0 radical (unpaired) electrons. The molecule has 0 aliphatic heterocycles. The van der Waals surface area contributed by atoms with Gasteiger partial charge in [-0.3, -0.25) is 4.68 Å². The Kier molecular flexibility index (Phi) is 4.05. The van der Waals surface area contributed by atoms with Gasteiger partial charge < -0.3 is 5.11 Å². The summed E-state index contributed by atoms with van der Waals surface area (Å²) in [5.74, 6) is 0.540. The number of benzene rings is 1. The van der Waals surface area contributed by atoms with Gasteiger partial charge in [0.25, 0.3) is 0 Å². The molecular formula is C16H22N2O. The number of nitrogens with zero attached hydrogens (tertiary/aromatic N) is 2. The summed E-state index contributed by atoms with van der Waals surface area (Å²) in [5, 5.41) is 14.6. The van der Waals surface area contributed by atoms with E-state index in [-0.39, 0.29) is 0 Å². The molecule has 0 aliphatic carbocycles. The first-order chi connectivity index (χ1) is 8.97. The van der Waals surface area contributed by atoms with Crippen molar-refractivity contribution in [2.45, 2.75) is 39.2 Å². The van der Waals surface area contributed by atoms with Gasteiger partial charge in [0.15, 0.2) is 0 Å². The quantitative estimate of drug-likeness (QED) is 0.915. The molecule has 2 rings (SSSR count). The second kappa shape index (κ2) is 5.57. The van der Waals surface area contributed by atoms with E-state index in [9.17, 15) is 5.11 Å². The van der Waals surface area contributed by atoms with Crippen molar-refractivity contribution in [2.75, 3.05) is 0 Å². The molecule has 0 spiro atoms. The molecule has 2 aromatic rings. The van der Waals surface area contributed by atoms with E-state index >= 15 is 0 Å². The normalized spacial score (nSPS) is 12.9. The van der Waals surface area contributed by atoms with Gasteiger partial charge in [-0.25, -0.2) is 0 Å². The van der Waals surface area contributed by atoms with E-state index in [1.807, 2.05) is 20.0 Å². The third-order valence-electron chi connectivity index (χ3n) is 3.46. The van der Waals surface area contributed by atoms with E-state index in [0.717, 1.165) is 17.0 Å². The van der Waals surface area contributed by atoms with Gasteiger partial charge in [-0.1, -0.05) is 38.1 Å². The maximum Gasteiger partial charge on any atom is 0.0996 e. The van der Waals surface area contributed by atoms with E-state index in [1.165, 1.54) is 5.56 Å². The Bertz CT molecular complexity index is 540. The van der Waals surface area contributed by atoms with Crippen molar-refractivity contribution in [3.63, 3.8) is 0 Å². The summed E-state index contributed by atoms with van der Waals surface area (Å²) in [6.07, 6.45) is 0.119. The molecule has 0 saturated carbocycles. The lowest BCUT2D eigenvalue weighted by atomic mass is 9.99. The third kappa shape index (κ3) is 3.24. The molecule has 0 amide bonds. The summed E-state index contributed by atoms with van der Waals surface area (Å²) in [7, 11) is 1.87. The maximum atomic E-state index is 10.3. The summed E-state index contributed by atoms with van der Waals surface area (Å²) >= 11 is 0. The highest BCUT2D eigenvalue weighted by atomic mass is 16.3. The summed E-state index contributed by atoms with van der Waals surface area (Å²) < 4.78 is 1.75. The molecule has 0 saturated heterocycles. The van der Waals surface area contributed by atoms with Crippen LogP contribution in [0.5, 0.6) is 0 Å². The van der Waals surface area contributed by atoms with Crippen LogP contribution >= 0.6 is 0 Å². The minimum Gasteiger partial charge on any atom is -0.386 e. The maximum absolute atomic E-state index is 10.3. The molecule has 1 N–H and O–H groups in total. The van der Waals surface area contributed by atoms with Crippen molar-refractivity contribution in [2.24, 2.45) is 7.05 Å². The van der Waals surface area contributed by atoms with E-state index in [1.54, 1.807) is 4.68 Å². The van der Waals surface area contributed by atoms with Crippen LogP contribution in [0.3, 0.4) is 0 Å². The molecule has 1 atom stereocenters. The second-order valence-corrected chi connectivity index (χ2v) is 5.45. The number of aliphatic hydroxyl groups excluding tert-OH is 1. The summed E-state index contributed by atoms with van der Waals surface area (Å²) in [6, 6.07) is 10.4. The summed E-state index contributed by atoms with van der Waals surface area (Å²) in [5.41, 5.74) is 4.28. The SMILES string of the molecule is Cc1cc(C(O)Cc2ccc(C(C)C)cc2)n(C)n1. The van der Waals surface area contributed by atoms with Crippen molar-refractivity contribution in [1.82, 2.24) is 9.78 Å². The molecule has 1 unspecified atom stereocenters. The van der Waals surface area contributed by atoms with Crippen LogP contribution in [0.25, 0.3) is 0 Å². The Balaban J connectivity index is 2.10. The van der Waals surface area contributed by atoms with Gasteiger partial charge in [0.1, 0.15) is 0 Å². The predicted octanol–water partition coefficient (Wildman–Crippen LogP) is 3.13. The average Bonchev–Trinajstić information content (AvgIpc) is 2.69. The Morgan fingerprint density at radius 2 is 1.84 bits per heavy atom. The summed E-state index contributed by atoms with van der Waals surface area (Å²) in [4.78, 5) is 0. The molecule has 1 aromatic heterocycles. The molecular weight excluding hydrogens is 236 g/mol. The van der Waals surface area contributed by atoms with Crippen LogP contribution in [0.1, 0.15) is 48.4 Å². The zero-order chi connectivity index (χ0) is 14.0. The Morgan fingerprint density at radius 3 is 2.32 bits per heavy atom. The number of aliphatic hydroxyl groups is 1. The molecule has 1 heterocycles. The molecule has 3 nitrogen and oxygen atoms in total. The molecule has 0 aliphatic rings. The van der Waals surface area contributed by atoms with Crippen LogP contribution in [-0.2, 0) is 13.5 Å². The topological polar surface area (TPSA) is 38.0 Å². The van der Waals surface area contributed by atoms with Gasteiger partial charge in [-0.15, -0.1) is 0 Å². The lowest BCUT2D eigenvalue weighted by Crippen LogP contribution is -2.08. The largest absolute Gasteiger partial charge is 0.386 e. The predicted molar refractivity (Wildman–Crippen MR) is 77.1 cm³/mol. The lowest BCUT2D eigenvalue weighted by molar-refractivity contribution is 0.168. The molecule has 3 heteroatoms. The highest BCUT2D eigenvalue weighted by molar-refractivity contribution is 5.26. The smallest absolute Gasteiger partial charge is 0.0996 e. The van der Waals surface area contributed by atoms with Crippen LogP contribution in [-0.4, -0.2) is 14.9 Å². The van der Waals surface area contributed by atoms with Crippen molar-refractivity contribution in [1.29, 1.82) is 0 Å². The van der Waals surface area contributed by atoms with E-state index in [4.69, 9.17) is 0 Å². The van der Waals surface area contributed by atoms with Crippen LogP contribution in [0.2, 0.25) is 0 Å². The number of hydrogen-bond donors (Lipinski definition) is 1. The van der Waals surface area contributed by atoms with Crippen LogP contribution in [0.4, 0.5) is 0 Å². The first-order valence-corrected chi connectivity index (χ1v) is 6.75. The Hall–Kier alpha value is -1.61. The minimum atomic E-state index is -0.504. The zero-order valence-electron chi connectivity index (χ0n) is 12.1. The number of rotatable bonds is 4. The number of hydrogen-bond acceptors (Lipinski definition) is 2. The van der Waals surface area contributed by atoms with E-state index in [2.05, 4.69) is 43.2 Å². The molecule has 19 heavy (non-hydrogen) atoms. The highest BCUT2D eigenvalue weighted by Gasteiger charge is 2.13. The van der Waals surface area contributed by atoms with Gasteiger partial charge in [0.2, 0.25) is 0 Å². The fraction of sp³-hybridized carbons (Fsp3) is 0.438.